The average molecular weight is 348 g/mol. The van der Waals surface area contributed by atoms with E-state index in [1.807, 2.05) is 12.1 Å². The molecule has 0 aliphatic carbocycles. The fraction of sp³-hybridized carbons (Fsp3) is 0.650. The first-order valence-corrected chi connectivity index (χ1v) is 9.25. The van der Waals surface area contributed by atoms with E-state index in [1.165, 1.54) is 5.56 Å². The zero-order valence-corrected chi connectivity index (χ0v) is 15.8. The van der Waals surface area contributed by atoms with Gasteiger partial charge in [-0.2, -0.15) is 0 Å². The van der Waals surface area contributed by atoms with Crippen molar-refractivity contribution in [2.45, 2.75) is 39.0 Å². The van der Waals surface area contributed by atoms with Gasteiger partial charge in [0.1, 0.15) is 5.75 Å². The van der Waals surface area contributed by atoms with Crippen LogP contribution in [0.25, 0.3) is 0 Å². The Hall–Kier alpha value is -1.59. The third kappa shape index (κ3) is 7.45. The molecule has 0 saturated carbocycles. The molecule has 0 radical (unpaired) electrons. The zero-order valence-electron chi connectivity index (χ0n) is 15.8. The number of morpholine rings is 1. The topological polar surface area (TPSA) is 50.8 Å². The molecule has 0 bridgehead atoms. The first-order valence-electron chi connectivity index (χ1n) is 9.25. The van der Waals surface area contributed by atoms with E-state index in [9.17, 15) is 4.79 Å². The highest BCUT2D eigenvalue weighted by molar-refractivity contribution is 5.75. The molecule has 1 aliphatic heterocycles. The van der Waals surface area contributed by atoms with E-state index < -0.39 is 0 Å². The van der Waals surface area contributed by atoms with Crippen LogP contribution in [0.1, 0.15) is 39.2 Å². The highest BCUT2D eigenvalue weighted by Crippen LogP contribution is 2.24. The molecular formula is C20H32N2O3. The van der Waals surface area contributed by atoms with Crippen LogP contribution in [0.15, 0.2) is 24.3 Å². The van der Waals surface area contributed by atoms with Gasteiger partial charge >= 0.3 is 0 Å². The molecule has 5 heteroatoms. The number of nitrogens with one attached hydrogen (secondary N) is 1. The van der Waals surface area contributed by atoms with Crippen LogP contribution >= 0.6 is 0 Å². The maximum absolute atomic E-state index is 11.8. The number of carbonyl (C=O) groups is 1. The first-order chi connectivity index (χ1) is 11.9. The van der Waals surface area contributed by atoms with E-state index in [0.717, 1.165) is 45.0 Å². The van der Waals surface area contributed by atoms with Gasteiger partial charge in [-0.1, -0.05) is 32.9 Å². The molecule has 5 nitrogen and oxygen atoms in total. The summed E-state index contributed by atoms with van der Waals surface area (Å²) < 4.78 is 11.0. The summed E-state index contributed by atoms with van der Waals surface area (Å²) in [5.41, 5.74) is 1.44. The molecule has 1 N–H and O–H groups in total. The lowest BCUT2D eigenvalue weighted by Gasteiger charge is -2.26. The van der Waals surface area contributed by atoms with Crippen molar-refractivity contribution < 1.29 is 14.3 Å². The number of hydrogen-bond acceptors (Lipinski definition) is 4. The third-order valence-corrected chi connectivity index (χ3v) is 4.39. The van der Waals surface area contributed by atoms with E-state index in [-0.39, 0.29) is 11.3 Å². The second kappa shape index (κ2) is 9.78. The Morgan fingerprint density at radius 1 is 1.20 bits per heavy atom. The molecule has 140 valence electrons. The number of amides is 1. The normalized spacial score (nSPS) is 15.8. The number of carbonyl (C=O) groups excluding carboxylic acids is 1. The molecule has 1 heterocycles. The summed E-state index contributed by atoms with van der Waals surface area (Å²) >= 11 is 0. The lowest BCUT2D eigenvalue weighted by atomic mass is 9.87. The number of nitrogens with zero attached hydrogens (tertiary/aromatic N) is 1. The second-order valence-electron chi connectivity index (χ2n) is 7.53. The summed E-state index contributed by atoms with van der Waals surface area (Å²) in [4.78, 5) is 14.2. The smallest absolute Gasteiger partial charge is 0.220 e. The summed E-state index contributed by atoms with van der Waals surface area (Å²) in [6.07, 6.45) is 1.23. The molecule has 25 heavy (non-hydrogen) atoms. The predicted molar refractivity (Wildman–Crippen MR) is 100 cm³/mol. The monoisotopic (exact) mass is 348 g/mol. The van der Waals surface area contributed by atoms with Gasteiger partial charge in [0, 0.05) is 32.6 Å². The Labute approximate surface area is 151 Å². The van der Waals surface area contributed by atoms with Crippen LogP contribution in [0.2, 0.25) is 0 Å². The Morgan fingerprint density at radius 3 is 2.52 bits per heavy atom. The van der Waals surface area contributed by atoms with E-state index >= 15 is 0 Å². The van der Waals surface area contributed by atoms with Gasteiger partial charge in [0.15, 0.2) is 0 Å². The van der Waals surface area contributed by atoms with Gasteiger partial charge in [-0.05, 0) is 29.5 Å². The Kier molecular flexibility index (Phi) is 7.72. The van der Waals surface area contributed by atoms with Crippen LogP contribution in [0.3, 0.4) is 0 Å². The summed E-state index contributed by atoms with van der Waals surface area (Å²) in [6.45, 7) is 12.2. The minimum Gasteiger partial charge on any atom is -0.494 e. The van der Waals surface area contributed by atoms with Gasteiger partial charge < -0.3 is 14.8 Å². The summed E-state index contributed by atoms with van der Waals surface area (Å²) in [5, 5.41) is 2.98. The van der Waals surface area contributed by atoms with Gasteiger partial charge in [0.2, 0.25) is 5.91 Å². The Morgan fingerprint density at radius 2 is 1.88 bits per heavy atom. The minimum absolute atomic E-state index is 0.0972. The molecule has 1 fully saturated rings. The fourth-order valence-electron chi connectivity index (χ4n) is 2.74. The predicted octanol–water partition coefficient (Wildman–Crippen LogP) is 2.59. The van der Waals surface area contributed by atoms with Gasteiger partial charge in [-0.15, -0.1) is 0 Å². The quantitative estimate of drug-likeness (QED) is 0.734. The number of rotatable bonds is 8. The molecule has 1 aromatic rings. The molecule has 0 aromatic heterocycles. The van der Waals surface area contributed by atoms with Crippen molar-refractivity contribution >= 4 is 5.91 Å². The summed E-state index contributed by atoms with van der Waals surface area (Å²) in [5.74, 6) is 0.959. The molecule has 2 rings (SSSR count). The maximum atomic E-state index is 11.8. The lowest BCUT2D eigenvalue weighted by molar-refractivity contribution is -0.121. The molecular weight excluding hydrogens is 316 g/mol. The summed E-state index contributed by atoms with van der Waals surface area (Å²) in [7, 11) is 0. The lowest BCUT2D eigenvalue weighted by Crippen LogP contribution is -2.41. The van der Waals surface area contributed by atoms with Gasteiger partial charge in [0.25, 0.3) is 0 Å². The van der Waals surface area contributed by atoms with Gasteiger partial charge in [0.05, 0.1) is 19.8 Å². The molecule has 0 atom stereocenters. The molecule has 0 unspecified atom stereocenters. The zero-order chi connectivity index (χ0) is 18.1. The second-order valence-corrected chi connectivity index (χ2v) is 7.53. The van der Waals surface area contributed by atoms with Crippen molar-refractivity contribution in [3.8, 4) is 5.75 Å². The van der Waals surface area contributed by atoms with Gasteiger partial charge in [-0.3, -0.25) is 9.69 Å². The standard InChI is InChI=1S/C20H32N2O3/c1-20(2,3)17-6-8-18(9-7-17)25-14-4-5-19(23)21-10-11-22-12-15-24-16-13-22/h6-9H,4-5,10-16H2,1-3H3,(H,21,23). The number of hydrogen-bond donors (Lipinski definition) is 1. The van der Waals surface area contributed by atoms with E-state index in [0.29, 0.717) is 19.6 Å². The van der Waals surface area contributed by atoms with Crippen molar-refractivity contribution in [2.24, 2.45) is 0 Å². The van der Waals surface area contributed by atoms with Crippen LogP contribution < -0.4 is 10.1 Å². The van der Waals surface area contributed by atoms with Crippen molar-refractivity contribution in [3.05, 3.63) is 29.8 Å². The number of benzene rings is 1. The minimum atomic E-state index is 0.0972. The van der Waals surface area contributed by atoms with Crippen molar-refractivity contribution in [2.75, 3.05) is 46.0 Å². The third-order valence-electron chi connectivity index (χ3n) is 4.39. The van der Waals surface area contributed by atoms with E-state index in [1.54, 1.807) is 0 Å². The number of ether oxygens (including phenoxy) is 2. The largest absolute Gasteiger partial charge is 0.494 e. The molecule has 0 spiro atoms. The van der Waals surface area contributed by atoms with Crippen LogP contribution in [-0.2, 0) is 14.9 Å². The van der Waals surface area contributed by atoms with E-state index in [2.05, 4.69) is 43.1 Å². The SMILES string of the molecule is CC(C)(C)c1ccc(OCCCC(=O)NCCN2CCOCC2)cc1. The van der Waals surface area contributed by atoms with Gasteiger partial charge in [-0.25, -0.2) is 0 Å². The summed E-state index contributed by atoms with van der Waals surface area (Å²) in [6, 6.07) is 8.22. The van der Waals surface area contributed by atoms with Crippen molar-refractivity contribution in [1.82, 2.24) is 10.2 Å². The first kappa shape index (κ1) is 19.7. The maximum Gasteiger partial charge on any atom is 0.220 e. The Balaban J connectivity index is 1.55. The molecule has 1 amide bonds. The van der Waals surface area contributed by atoms with Crippen LogP contribution in [-0.4, -0.2) is 56.8 Å². The van der Waals surface area contributed by atoms with Crippen molar-refractivity contribution in [1.29, 1.82) is 0 Å². The Bertz CT molecular complexity index is 517. The fourth-order valence-corrected chi connectivity index (χ4v) is 2.74. The average Bonchev–Trinajstić information content (AvgIpc) is 2.59. The highest BCUT2D eigenvalue weighted by atomic mass is 16.5. The van der Waals surface area contributed by atoms with Crippen LogP contribution in [0.4, 0.5) is 0 Å². The highest BCUT2D eigenvalue weighted by Gasteiger charge is 2.13. The van der Waals surface area contributed by atoms with Crippen LogP contribution in [0, 0.1) is 0 Å². The molecule has 1 saturated heterocycles. The molecule has 1 aliphatic rings. The van der Waals surface area contributed by atoms with Crippen molar-refractivity contribution in [3.63, 3.8) is 0 Å². The molecule has 1 aromatic carbocycles. The van der Waals surface area contributed by atoms with E-state index in [4.69, 9.17) is 9.47 Å². The van der Waals surface area contributed by atoms with Crippen LogP contribution in [0.5, 0.6) is 5.75 Å².